The standard InChI is InChI=1S/C16H14F2N4O2/c1-8-14-15(19-7-20-16(14)24-21-8)22-6-10(23)5-13(22)9-2-3-11(17)12(18)4-9/h2-4,7,10,13,23H,5-6H2,1H3/t10-,13-/m1/s1. The van der Waals surface area contributed by atoms with Crippen LogP contribution in [0.3, 0.4) is 0 Å². The predicted molar refractivity (Wildman–Crippen MR) is 81.4 cm³/mol. The van der Waals surface area contributed by atoms with Crippen LogP contribution >= 0.6 is 0 Å². The van der Waals surface area contributed by atoms with Crippen molar-refractivity contribution in [3.05, 3.63) is 47.4 Å². The summed E-state index contributed by atoms with van der Waals surface area (Å²) in [6, 6.07) is 3.44. The first-order chi connectivity index (χ1) is 11.5. The van der Waals surface area contributed by atoms with Crippen LogP contribution in [0.4, 0.5) is 14.6 Å². The van der Waals surface area contributed by atoms with E-state index < -0.39 is 17.7 Å². The number of anilines is 1. The summed E-state index contributed by atoms with van der Waals surface area (Å²) in [4.78, 5) is 10.2. The monoisotopic (exact) mass is 332 g/mol. The molecule has 1 N–H and O–H groups in total. The molecule has 1 fully saturated rings. The number of benzene rings is 1. The molecule has 4 rings (SSSR count). The Hall–Kier alpha value is -2.61. The van der Waals surface area contributed by atoms with Crippen molar-refractivity contribution in [2.24, 2.45) is 0 Å². The van der Waals surface area contributed by atoms with E-state index in [1.807, 2.05) is 4.90 Å². The molecule has 24 heavy (non-hydrogen) atoms. The van der Waals surface area contributed by atoms with E-state index in [4.69, 9.17) is 4.52 Å². The second-order valence-corrected chi connectivity index (χ2v) is 5.88. The van der Waals surface area contributed by atoms with Gasteiger partial charge in [0.05, 0.1) is 17.8 Å². The largest absolute Gasteiger partial charge is 0.391 e. The van der Waals surface area contributed by atoms with Gasteiger partial charge in [0, 0.05) is 6.54 Å². The van der Waals surface area contributed by atoms with Crippen LogP contribution in [-0.2, 0) is 0 Å². The number of aliphatic hydroxyl groups is 1. The minimum atomic E-state index is -0.914. The molecule has 1 saturated heterocycles. The van der Waals surface area contributed by atoms with Gasteiger partial charge in [-0.3, -0.25) is 0 Å². The van der Waals surface area contributed by atoms with Gasteiger partial charge >= 0.3 is 0 Å². The number of β-amino-alcohol motifs (C(OH)–C–C–N with tert-alkyl or cyclic N) is 1. The summed E-state index contributed by atoms with van der Waals surface area (Å²) in [7, 11) is 0. The van der Waals surface area contributed by atoms with Crippen LogP contribution in [0, 0.1) is 18.6 Å². The Morgan fingerprint density at radius 2 is 2.08 bits per heavy atom. The van der Waals surface area contributed by atoms with Crippen molar-refractivity contribution in [3.8, 4) is 0 Å². The lowest BCUT2D eigenvalue weighted by atomic mass is 10.0. The average Bonchev–Trinajstić information content (AvgIpc) is 3.14. The van der Waals surface area contributed by atoms with E-state index in [0.717, 1.165) is 12.1 Å². The molecular formula is C16H14F2N4O2. The van der Waals surface area contributed by atoms with E-state index in [9.17, 15) is 13.9 Å². The van der Waals surface area contributed by atoms with Gasteiger partial charge in [-0.05, 0) is 31.0 Å². The highest BCUT2D eigenvalue weighted by atomic mass is 19.2. The summed E-state index contributed by atoms with van der Waals surface area (Å²) < 4.78 is 32.0. The van der Waals surface area contributed by atoms with Gasteiger partial charge < -0.3 is 14.5 Å². The third kappa shape index (κ3) is 2.30. The molecular weight excluding hydrogens is 318 g/mol. The zero-order valence-corrected chi connectivity index (χ0v) is 12.8. The van der Waals surface area contributed by atoms with E-state index >= 15 is 0 Å². The zero-order valence-electron chi connectivity index (χ0n) is 12.8. The van der Waals surface area contributed by atoms with Crippen molar-refractivity contribution in [1.82, 2.24) is 15.1 Å². The average molecular weight is 332 g/mol. The summed E-state index contributed by atoms with van der Waals surface area (Å²) in [6.07, 6.45) is 1.14. The Bertz CT molecular complexity index is 914. The SMILES string of the molecule is Cc1noc2ncnc(N3C[C@H](O)C[C@@H]3c3ccc(F)c(F)c3)c12. The number of hydrogen-bond donors (Lipinski definition) is 1. The third-order valence-electron chi connectivity index (χ3n) is 4.30. The number of rotatable bonds is 2. The number of nitrogens with zero attached hydrogens (tertiary/aromatic N) is 4. The minimum Gasteiger partial charge on any atom is -0.391 e. The molecule has 3 heterocycles. The smallest absolute Gasteiger partial charge is 0.263 e. The fraction of sp³-hybridized carbons (Fsp3) is 0.312. The fourth-order valence-corrected chi connectivity index (χ4v) is 3.21. The molecule has 0 amide bonds. The normalized spacial score (nSPS) is 20.9. The van der Waals surface area contributed by atoms with E-state index in [1.165, 1.54) is 12.4 Å². The maximum absolute atomic E-state index is 13.6. The molecule has 2 aromatic heterocycles. The molecule has 0 aliphatic carbocycles. The first kappa shape index (κ1) is 14.9. The lowest BCUT2D eigenvalue weighted by molar-refractivity contribution is 0.194. The Kier molecular flexibility index (Phi) is 3.42. The van der Waals surface area contributed by atoms with E-state index in [1.54, 1.807) is 6.92 Å². The molecule has 6 nitrogen and oxygen atoms in total. The highest BCUT2D eigenvalue weighted by Crippen LogP contribution is 2.39. The lowest BCUT2D eigenvalue weighted by Crippen LogP contribution is -2.25. The first-order valence-electron chi connectivity index (χ1n) is 7.51. The summed E-state index contributed by atoms with van der Waals surface area (Å²) >= 11 is 0. The fourth-order valence-electron chi connectivity index (χ4n) is 3.21. The highest BCUT2D eigenvalue weighted by molar-refractivity contribution is 5.88. The lowest BCUT2D eigenvalue weighted by Gasteiger charge is -2.26. The van der Waals surface area contributed by atoms with Crippen LogP contribution in [-0.4, -0.2) is 32.9 Å². The van der Waals surface area contributed by atoms with Gasteiger partial charge in [-0.2, -0.15) is 4.98 Å². The molecule has 0 spiro atoms. The van der Waals surface area contributed by atoms with Gasteiger partial charge in [0.1, 0.15) is 17.5 Å². The zero-order chi connectivity index (χ0) is 16.8. The van der Waals surface area contributed by atoms with Crippen molar-refractivity contribution in [3.63, 3.8) is 0 Å². The first-order valence-corrected chi connectivity index (χ1v) is 7.51. The van der Waals surface area contributed by atoms with Gasteiger partial charge in [-0.15, -0.1) is 0 Å². The van der Waals surface area contributed by atoms with Crippen LogP contribution in [0.15, 0.2) is 29.0 Å². The van der Waals surface area contributed by atoms with Crippen LogP contribution in [0.5, 0.6) is 0 Å². The van der Waals surface area contributed by atoms with Crippen LogP contribution in [0.25, 0.3) is 11.1 Å². The molecule has 2 atom stereocenters. The molecule has 0 saturated carbocycles. The Labute approximate surface area is 135 Å². The summed E-state index contributed by atoms with van der Waals surface area (Å²) in [5.74, 6) is -1.25. The summed E-state index contributed by atoms with van der Waals surface area (Å²) in [5.41, 5.74) is 1.56. The van der Waals surface area contributed by atoms with Crippen LogP contribution in [0.2, 0.25) is 0 Å². The molecule has 1 aliphatic heterocycles. The highest BCUT2D eigenvalue weighted by Gasteiger charge is 2.35. The molecule has 1 aromatic carbocycles. The third-order valence-corrected chi connectivity index (χ3v) is 4.30. The Morgan fingerprint density at radius 3 is 2.88 bits per heavy atom. The topological polar surface area (TPSA) is 75.3 Å². The number of halogens is 2. The number of aromatic nitrogens is 3. The molecule has 8 heteroatoms. The Balaban J connectivity index is 1.82. The van der Waals surface area contributed by atoms with Crippen molar-refractivity contribution in [1.29, 1.82) is 0 Å². The van der Waals surface area contributed by atoms with Crippen LogP contribution < -0.4 is 4.90 Å². The van der Waals surface area contributed by atoms with E-state index in [-0.39, 0.29) is 6.04 Å². The van der Waals surface area contributed by atoms with Crippen molar-refractivity contribution in [2.75, 3.05) is 11.4 Å². The molecule has 0 bridgehead atoms. The van der Waals surface area contributed by atoms with E-state index in [2.05, 4.69) is 15.1 Å². The van der Waals surface area contributed by atoms with Gasteiger partial charge in [-0.25, -0.2) is 13.8 Å². The number of fused-ring (bicyclic) bond motifs is 1. The van der Waals surface area contributed by atoms with Gasteiger partial charge in [0.15, 0.2) is 11.6 Å². The molecule has 0 unspecified atom stereocenters. The number of aliphatic hydroxyl groups excluding tert-OH is 1. The van der Waals surface area contributed by atoms with E-state index in [0.29, 0.717) is 41.1 Å². The number of aryl methyl sites for hydroxylation is 1. The second kappa shape index (κ2) is 5.48. The predicted octanol–water partition coefficient (Wildman–Crippen LogP) is 2.52. The second-order valence-electron chi connectivity index (χ2n) is 5.88. The van der Waals surface area contributed by atoms with Crippen LogP contribution in [0.1, 0.15) is 23.7 Å². The van der Waals surface area contributed by atoms with Crippen molar-refractivity contribution >= 4 is 16.9 Å². The van der Waals surface area contributed by atoms with Gasteiger partial charge in [0.2, 0.25) is 0 Å². The quantitative estimate of drug-likeness (QED) is 0.777. The van der Waals surface area contributed by atoms with Crippen molar-refractivity contribution in [2.45, 2.75) is 25.5 Å². The van der Waals surface area contributed by atoms with Gasteiger partial charge in [-0.1, -0.05) is 11.2 Å². The maximum atomic E-state index is 13.6. The minimum absolute atomic E-state index is 0.320. The molecule has 0 radical (unpaired) electrons. The number of hydrogen-bond acceptors (Lipinski definition) is 6. The summed E-state index contributed by atoms with van der Waals surface area (Å²) in [6.45, 7) is 2.10. The van der Waals surface area contributed by atoms with Gasteiger partial charge in [0.25, 0.3) is 5.71 Å². The maximum Gasteiger partial charge on any atom is 0.263 e. The Morgan fingerprint density at radius 1 is 1.25 bits per heavy atom. The summed E-state index contributed by atoms with van der Waals surface area (Å²) in [5, 5.41) is 14.7. The molecule has 3 aromatic rings. The van der Waals surface area contributed by atoms with Crippen molar-refractivity contribution < 1.29 is 18.4 Å². The molecule has 1 aliphatic rings. The molecule has 124 valence electrons.